The van der Waals surface area contributed by atoms with Crippen molar-refractivity contribution in [1.82, 2.24) is 0 Å². The van der Waals surface area contributed by atoms with Crippen molar-refractivity contribution in [2.24, 2.45) is 110 Å². The number of halogens is 17. The maximum atomic E-state index is 13.3. The van der Waals surface area contributed by atoms with Gasteiger partial charge in [-0.25, -0.2) is 74.6 Å². The normalized spacial score (nSPS) is 16.3. The van der Waals surface area contributed by atoms with Gasteiger partial charge in [0.2, 0.25) is 30.1 Å². The molecule has 1 aliphatic heterocycles. The van der Waals surface area contributed by atoms with Crippen LogP contribution in [-0.2, 0) is 4.74 Å². The molecular weight excluding hydrogens is 1910 g/mol. The van der Waals surface area contributed by atoms with Crippen LogP contribution in [-0.4, -0.2) is 83.5 Å². The summed E-state index contributed by atoms with van der Waals surface area (Å²) >= 11 is 0. The molecule has 6 unspecified atom stereocenters. The molecule has 2 aliphatic rings. The van der Waals surface area contributed by atoms with E-state index in [-0.39, 0.29) is 116 Å². The third-order valence-corrected chi connectivity index (χ3v) is 21.3. The number of rotatable bonds is 24. The highest BCUT2D eigenvalue weighted by atomic mass is 19.3. The Labute approximate surface area is 925 Å². The van der Waals surface area contributed by atoms with Crippen LogP contribution in [0.15, 0.2) is 0 Å². The van der Waals surface area contributed by atoms with Crippen molar-refractivity contribution in [3.05, 3.63) is 0 Å². The van der Waals surface area contributed by atoms with Crippen LogP contribution in [0.25, 0.3) is 0 Å². The van der Waals surface area contributed by atoms with E-state index in [1.165, 1.54) is 59.3 Å². The molecule has 1 saturated heterocycles. The van der Waals surface area contributed by atoms with Gasteiger partial charge in [0, 0.05) is 51.4 Å². The second-order valence-corrected chi connectivity index (χ2v) is 67.3. The van der Waals surface area contributed by atoms with Gasteiger partial charge in [-0.1, -0.05) is 456 Å². The summed E-state index contributed by atoms with van der Waals surface area (Å²) in [5.74, 6) is -7.31. The second kappa shape index (κ2) is 73.7. The number of hydrogen-bond acceptors (Lipinski definition) is 1. The zero-order chi connectivity index (χ0) is 125. The second-order valence-electron chi connectivity index (χ2n) is 67.3. The molecule has 1 nitrogen and oxygen atoms in total. The van der Waals surface area contributed by atoms with E-state index < -0.39 is 70.3 Å². The van der Waals surface area contributed by atoms with Gasteiger partial charge >= 0.3 is 0 Å². The van der Waals surface area contributed by atoms with E-state index in [1.807, 2.05) is 152 Å². The lowest BCUT2D eigenvalue weighted by Gasteiger charge is -2.38. The highest BCUT2D eigenvalue weighted by molar-refractivity contribution is 4.97. The first-order valence-corrected chi connectivity index (χ1v) is 57.9. The Kier molecular flexibility index (Phi) is 87.9. The van der Waals surface area contributed by atoms with Gasteiger partial charge in [0.05, 0.1) is 13.2 Å². The molecule has 0 aromatic heterocycles. The molecule has 0 aromatic carbocycles. The van der Waals surface area contributed by atoms with Gasteiger partial charge in [-0.15, -0.1) is 0 Å². The molecule has 18 heteroatoms. The zero-order valence-corrected chi connectivity index (χ0v) is 114. The van der Waals surface area contributed by atoms with E-state index in [1.54, 1.807) is 55.4 Å². The van der Waals surface area contributed by atoms with Gasteiger partial charge < -0.3 is 4.74 Å². The van der Waals surface area contributed by atoms with Gasteiger partial charge in [0.15, 0.2) is 5.67 Å². The van der Waals surface area contributed by atoms with Gasteiger partial charge in [-0.3, -0.25) is 0 Å². The molecule has 1 saturated carbocycles. The minimum atomic E-state index is -2.52. The molecule has 0 radical (unpaired) electrons. The summed E-state index contributed by atoms with van der Waals surface area (Å²) in [5, 5.41) is 0. The predicted octanol–water partition coefficient (Wildman–Crippen LogP) is 51.8. The summed E-state index contributed by atoms with van der Waals surface area (Å²) in [6, 6.07) is 0. The molecule has 149 heavy (non-hydrogen) atoms. The molecule has 2 fully saturated rings. The van der Waals surface area contributed by atoms with Gasteiger partial charge in [0.1, 0.15) is 34.5 Å². The molecule has 0 aromatic rings. The highest BCUT2D eigenvalue weighted by Gasteiger charge is 2.46. The van der Waals surface area contributed by atoms with E-state index in [9.17, 15) is 74.6 Å². The minimum Gasteiger partial charge on any atom is -0.375 e. The molecule has 6 atom stereocenters. The van der Waals surface area contributed by atoms with Crippen molar-refractivity contribution in [2.45, 2.75) is 728 Å². The lowest BCUT2D eigenvalue weighted by Crippen LogP contribution is -2.47. The van der Waals surface area contributed by atoms with Gasteiger partial charge in [-0.05, 0) is 261 Å². The molecule has 922 valence electrons. The van der Waals surface area contributed by atoms with Gasteiger partial charge in [-0.2, -0.15) is 0 Å². The average molecular weight is 2190 g/mol. The van der Waals surface area contributed by atoms with Crippen LogP contribution < -0.4 is 0 Å². The van der Waals surface area contributed by atoms with E-state index in [4.69, 9.17) is 4.74 Å². The fraction of sp³-hybridized carbons (Fsp3) is 1.00. The molecule has 1 aliphatic carbocycles. The molecule has 2 rings (SSSR count). The van der Waals surface area contributed by atoms with Crippen molar-refractivity contribution in [1.29, 1.82) is 0 Å². The largest absolute Gasteiger partial charge is 0.375 e. The maximum Gasteiger partial charge on any atom is 0.248 e. The standard InChI is InChI=1S/3C9H19F.3C9H20.3C8H16F2.C8H15FO.C8H15F.2C8H17F.C8H18.C7H14F2.C6H12F2/c3*1-6-9(5,10)7-8(2,3)4;1-8(2,3)7-9(4,5)6;2*1-6-8(2)7-9(3,4)5;3*1-5-8(9,10)6-7(2,3)4;1-7(2,3)4-8(9)5-10-6-8;1-7(2,3)6-8(9)4-5-8;1-7(2,3)6-8(4,5)9;1-5-7(9)6-8(2,3)4;1-7(2)6-8(3,4)5;1-6(2,3)5-7(4,8)9;1-6(2,3)4-5(7)8/h3*6-7H2,1-5H3;7H2,1-6H3;2*8H,6-7H2,1-5H3;3*5-6H2,1-4H3;4-6H2,1-3H3;4-6H2,1-3H3;6H2,1-5H3;7H,5-6H2,1-4H3;7H,6H2,1-5H3;5H2,1-4H3;5H,4H2,1-3H3. The quantitative estimate of drug-likeness (QED) is 0.0876. The van der Waals surface area contributed by atoms with E-state index in [0.29, 0.717) is 104 Å². The topological polar surface area (TPSA) is 9.23 Å². The monoisotopic (exact) mass is 2190 g/mol. The van der Waals surface area contributed by atoms with Crippen LogP contribution in [0.3, 0.4) is 0 Å². The summed E-state index contributed by atoms with van der Waals surface area (Å²) in [7, 11) is 0. The van der Waals surface area contributed by atoms with Crippen LogP contribution >= 0.6 is 0 Å². The number of hydrogen-bond donors (Lipinski definition) is 0. The summed E-state index contributed by atoms with van der Waals surface area (Å²) in [6.45, 7) is 141. The Morgan fingerprint density at radius 2 is 0.416 bits per heavy atom. The third kappa shape index (κ3) is 191. The summed E-state index contributed by atoms with van der Waals surface area (Å²) in [5.41, 5.74) is -3.63. The van der Waals surface area contributed by atoms with E-state index in [0.717, 1.165) is 43.9 Å². The van der Waals surface area contributed by atoms with Crippen molar-refractivity contribution in [3.63, 3.8) is 0 Å². The summed E-state index contributed by atoms with van der Waals surface area (Å²) in [4.78, 5) is 0. The lowest BCUT2D eigenvalue weighted by atomic mass is 9.78. The molecule has 1 heterocycles. The Bertz CT molecular complexity index is 2580. The van der Waals surface area contributed by atoms with Crippen molar-refractivity contribution >= 4 is 0 Å². The molecule has 0 amide bonds. The summed E-state index contributed by atoms with van der Waals surface area (Å²) < 4.78 is 220. The molecule has 0 N–H and O–H groups in total. The predicted molar refractivity (Wildman–Crippen MR) is 638 cm³/mol. The van der Waals surface area contributed by atoms with E-state index >= 15 is 0 Å². The van der Waals surface area contributed by atoms with Crippen LogP contribution in [0.2, 0.25) is 0 Å². The lowest BCUT2D eigenvalue weighted by molar-refractivity contribution is -0.145. The fourth-order valence-corrected chi connectivity index (χ4v) is 17.7. The minimum absolute atomic E-state index is 0.00694. The van der Waals surface area contributed by atoms with Crippen molar-refractivity contribution < 1.29 is 79.4 Å². The molecular formula is C131H273F17O. The first kappa shape index (κ1) is 178. The Balaban J connectivity index is -0.000000109. The van der Waals surface area contributed by atoms with Gasteiger partial charge in [0.25, 0.3) is 0 Å². The fourth-order valence-electron chi connectivity index (χ4n) is 17.7. The highest BCUT2D eigenvalue weighted by Crippen LogP contribution is 2.49. The Morgan fingerprint density at radius 1 is 0.215 bits per heavy atom. The maximum absolute atomic E-state index is 13.3. The average Bonchev–Trinajstić information content (AvgIpc) is 1.68. The summed E-state index contributed by atoms with van der Waals surface area (Å²) in [6.07, 6.45) is 13.6. The molecule has 0 bridgehead atoms. The van der Waals surface area contributed by atoms with E-state index in [2.05, 4.69) is 249 Å². The van der Waals surface area contributed by atoms with Crippen LogP contribution in [0.4, 0.5) is 74.6 Å². The van der Waals surface area contributed by atoms with Crippen LogP contribution in [0.1, 0.15) is 658 Å². The smallest absolute Gasteiger partial charge is 0.248 e. The van der Waals surface area contributed by atoms with Crippen LogP contribution in [0.5, 0.6) is 0 Å². The van der Waals surface area contributed by atoms with Crippen molar-refractivity contribution in [2.75, 3.05) is 13.2 Å². The number of ether oxygens (including phenoxy) is 1. The first-order valence-electron chi connectivity index (χ1n) is 57.9. The first-order chi connectivity index (χ1) is 63.8. The molecule has 0 spiro atoms. The zero-order valence-electron chi connectivity index (χ0n) is 114. The SMILES string of the molecule is CC(C)(C)CC(C)(C)C.CC(C)(C)CC(C)(C)F.CC(C)(C)CC(C)(F)F.CC(C)(C)CC(F)F.CC(C)(C)CC1(F)CC1.CC(C)(C)CC1(F)COC1.CC(C)CC(C)(C)C.CCC(C)(F)CC(C)(C)C.CCC(C)(F)CC(C)(C)C.CCC(C)(F)CC(C)(C)C.CCC(C)CC(C)(C)C.CCC(C)CC(C)(C)C.CCC(F)(F)CC(C)(C)C.CCC(F)(F)CC(C)(C)C.CCC(F)(F)CC(C)(C)C.CCC(F)CC(C)(C)C. The Morgan fingerprint density at radius 3 is 0.456 bits per heavy atom. The third-order valence-electron chi connectivity index (χ3n) is 21.3. The number of alkyl halides is 17. The van der Waals surface area contributed by atoms with Crippen molar-refractivity contribution in [3.8, 4) is 0 Å². The Hall–Kier alpha value is -1.23. The van der Waals surface area contributed by atoms with Crippen LogP contribution in [0, 0.1) is 110 Å².